The van der Waals surface area contributed by atoms with Crippen molar-refractivity contribution < 1.29 is 4.79 Å². The molecule has 0 unspecified atom stereocenters. The van der Waals surface area contributed by atoms with Gasteiger partial charge in [0.05, 0.1) is 6.20 Å². The number of hydrogen-bond donors (Lipinski definition) is 1. The van der Waals surface area contributed by atoms with Gasteiger partial charge in [-0.3, -0.25) is 9.69 Å². The van der Waals surface area contributed by atoms with Crippen molar-refractivity contribution in [1.29, 1.82) is 0 Å². The van der Waals surface area contributed by atoms with Crippen LogP contribution in [0.5, 0.6) is 0 Å². The summed E-state index contributed by atoms with van der Waals surface area (Å²) in [5, 5.41) is 7.40. The lowest BCUT2D eigenvalue weighted by Gasteiger charge is -2.36. The van der Waals surface area contributed by atoms with Crippen molar-refractivity contribution in [1.82, 2.24) is 24.8 Å². The Hall–Kier alpha value is -2.73. The Bertz CT molecular complexity index is 928. The number of nitrogens with zero attached hydrogens (tertiary/aromatic N) is 4. The van der Waals surface area contributed by atoms with Crippen LogP contribution in [0.3, 0.4) is 0 Å². The molecule has 3 heterocycles. The number of rotatable bonds is 4. The van der Waals surface area contributed by atoms with Crippen molar-refractivity contribution in [3.63, 3.8) is 0 Å². The van der Waals surface area contributed by atoms with E-state index >= 15 is 0 Å². The topological polar surface area (TPSA) is 62.5 Å². The summed E-state index contributed by atoms with van der Waals surface area (Å²) in [7, 11) is 0. The van der Waals surface area contributed by atoms with Crippen molar-refractivity contribution in [3.05, 3.63) is 65.6 Å². The average Bonchev–Trinajstić information content (AvgIpc) is 3.12. The minimum absolute atomic E-state index is 0.0855. The van der Waals surface area contributed by atoms with Gasteiger partial charge in [0, 0.05) is 37.1 Å². The SMILES string of the molecule is Cc1ccn2ncc(C(=O)NC3CCN([C@H](C)c4ccccc4)CC3)c2n1. The van der Waals surface area contributed by atoms with Gasteiger partial charge in [-0.25, -0.2) is 9.50 Å². The van der Waals surface area contributed by atoms with Crippen LogP contribution in [0.4, 0.5) is 0 Å². The van der Waals surface area contributed by atoms with E-state index < -0.39 is 0 Å². The number of hydrogen-bond acceptors (Lipinski definition) is 4. The Labute approximate surface area is 159 Å². The van der Waals surface area contributed by atoms with Gasteiger partial charge in [0.25, 0.3) is 5.91 Å². The number of likely N-dealkylation sites (tertiary alicyclic amines) is 1. The zero-order valence-corrected chi connectivity index (χ0v) is 15.8. The van der Waals surface area contributed by atoms with E-state index in [1.165, 1.54) is 5.56 Å². The smallest absolute Gasteiger partial charge is 0.256 e. The summed E-state index contributed by atoms with van der Waals surface area (Å²) in [5.41, 5.74) is 3.37. The van der Waals surface area contributed by atoms with Gasteiger partial charge in [0.2, 0.25) is 0 Å². The third-order valence-corrected chi connectivity index (χ3v) is 5.45. The maximum Gasteiger partial charge on any atom is 0.256 e. The van der Waals surface area contributed by atoms with Gasteiger partial charge in [0.15, 0.2) is 5.65 Å². The highest BCUT2D eigenvalue weighted by molar-refractivity contribution is 5.99. The van der Waals surface area contributed by atoms with Gasteiger partial charge in [-0.1, -0.05) is 30.3 Å². The van der Waals surface area contributed by atoms with Crippen LogP contribution >= 0.6 is 0 Å². The second-order valence-corrected chi connectivity index (χ2v) is 7.27. The van der Waals surface area contributed by atoms with Gasteiger partial charge < -0.3 is 5.32 Å². The number of benzene rings is 1. The Morgan fingerprint density at radius 2 is 1.93 bits per heavy atom. The molecule has 1 N–H and O–H groups in total. The summed E-state index contributed by atoms with van der Waals surface area (Å²) in [6.45, 7) is 6.12. The molecule has 0 spiro atoms. The van der Waals surface area contributed by atoms with E-state index in [2.05, 4.69) is 57.6 Å². The molecule has 27 heavy (non-hydrogen) atoms. The molecule has 0 bridgehead atoms. The Morgan fingerprint density at radius 1 is 1.19 bits per heavy atom. The van der Waals surface area contributed by atoms with Gasteiger partial charge in [-0.2, -0.15) is 5.10 Å². The molecule has 0 aliphatic carbocycles. The number of carbonyl (C=O) groups is 1. The highest BCUT2D eigenvalue weighted by atomic mass is 16.1. The zero-order chi connectivity index (χ0) is 18.8. The molecule has 0 radical (unpaired) electrons. The second-order valence-electron chi connectivity index (χ2n) is 7.27. The molecule has 1 aromatic carbocycles. The van der Waals surface area contributed by atoms with Gasteiger partial charge in [0.1, 0.15) is 5.56 Å². The number of aryl methyl sites for hydroxylation is 1. The third kappa shape index (κ3) is 3.71. The van der Waals surface area contributed by atoms with Crippen molar-refractivity contribution in [3.8, 4) is 0 Å². The molecule has 0 saturated carbocycles. The molecule has 2 aromatic heterocycles. The van der Waals surface area contributed by atoms with E-state index in [1.807, 2.05) is 19.2 Å². The van der Waals surface area contributed by atoms with E-state index in [1.54, 1.807) is 10.7 Å². The predicted molar refractivity (Wildman–Crippen MR) is 105 cm³/mol. The molecule has 1 atom stereocenters. The summed E-state index contributed by atoms with van der Waals surface area (Å²) in [5.74, 6) is -0.0855. The van der Waals surface area contributed by atoms with Gasteiger partial charge >= 0.3 is 0 Å². The van der Waals surface area contributed by atoms with Crippen LogP contribution in [-0.4, -0.2) is 44.5 Å². The summed E-state index contributed by atoms with van der Waals surface area (Å²) >= 11 is 0. The lowest BCUT2D eigenvalue weighted by atomic mass is 10.00. The number of aromatic nitrogens is 3. The first-order valence-corrected chi connectivity index (χ1v) is 9.52. The molecule has 1 amide bonds. The van der Waals surface area contributed by atoms with Crippen LogP contribution in [0.15, 0.2) is 48.8 Å². The number of nitrogens with one attached hydrogen (secondary N) is 1. The summed E-state index contributed by atoms with van der Waals surface area (Å²) < 4.78 is 1.64. The first kappa shape index (κ1) is 17.7. The van der Waals surface area contributed by atoms with Crippen molar-refractivity contribution in [2.75, 3.05) is 13.1 Å². The summed E-state index contributed by atoms with van der Waals surface area (Å²) in [6.07, 6.45) is 5.34. The molecule has 140 valence electrons. The monoisotopic (exact) mass is 363 g/mol. The van der Waals surface area contributed by atoms with Crippen molar-refractivity contribution >= 4 is 11.6 Å². The van der Waals surface area contributed by atoms with Crippen LogP contribution in [0.25, 0.3) is 5.65 Å². The first-order chi connectivity index (χ1) is 13.1. The fourth-order valence-electron chi connectivity index (χ4n) is 3.76. The van der Waals surface area contributed by atoms with Gasteiger partial charge in [-0.15, -0.1) is 0 Å². The molecule has 1 aliphatic heterocycles. The number of piperidine rings is 1. The summed E-state index contributed by atoms with van der Waals surface area (Å²) in [6, 6.07) is 13.1. The standard InChI is InChI=1S/C21H25N5O/c1-15-8-13-26-20(23-15)19(14-22-26)21(27)24-18-9-11-25(12-10-18)16(2)17-6-4-3-5-7-17/h3-8,13-14,16,18H,9-12H2,1-2H3,(H,24,27)/t16-/m1/s1. The minimum Gasteiger partial charge on any atom is -0.349 e. The van der Waals surface area contributed by atoms with E-state index in [9.17, 15) is 4.79 Å². The Morgan fingerprint density at radius 3 is 2.67 bits per heavy atom. The van der Waals surface area contributed by atoms with Gasteiger partial charge in [-0.05, 0) is 38.3 Å². The molecule has 1 fully saturated rings. The molecule has 6 heteroatoms. The van der Waals surface area contributed by atoms with E-state index in [0.29, 0.717) is 17.3 Å². The van der Waals surface area contributed by atoms with Crippen LogP contribution in [-0.2, 0) is 0 Å². The molecule has 1 saturated heterocycles. The predicted octanol–water partition coefficient (Wildman–Crippen LogP) is 2.99. The third-order valence-electron chi connectivity index (χ3n) is 5.45. The number of amides is 1. The largest absolute Gasteiger partial charge is 0.349 e. The van der Waals surface area contributed by atoms with E-state index in [-0.39, 0.29) is 11.9 Å². The van der Waals surface area contributed by atoms with E-state index in [0.717, 1.165) is 31.6 Å². The lowest BCUT2D eigenvalue weighted by molar-refractivity contribution is 0.0897. The maximum atomic E-state index is 12.7. The van der Waals surface area contributed by atoms with E-state index in [4.69, 9.17) is 0 Å². The lowest BCUT2D eigenvalue weighted by Crippen LogP contribution is -2.45. The molecule has 6 nitrogen and oxygen atoms in total. The normalized spacial score (nSPS) is 17.1. The fourth-order valence-corrected chi connectivity index (χ4v) is 3.76. The zero-order valence-electron chi connectivity index (χ0n) is 15.8. The van der Waals surface area contributed by atoms with Crippen molar-refractivity contribution in [2.24, 2.45) is 0 Å². The Kier molecular flexibility index (Phi) is 4.90. The van der Waals surface area contributed by atoms with Crippen LogP contribution < -0.4 is 5.32 Å². The maximum absolute atomic E-state index is 12.7. The minimum atomic E-state index is -0.0855. The number of carbonyl (C=O) groups excluding carboxylic acids is 1. The molecular formula is C21H25N5O. The quantitative estimate of drug-likeness (QED) is 0.774. The molecule has 1 aliphatic rings. The molecule has 3 aromatic rings. The molecule has 4 rings (SSSR count). The highest BCUT2D eigenvalue weighted by Crippen LogP contribution is 2.24. The second kappa shape index (κ2) is 7.48. The van der Waals surface area contributed by atoms with Crippen molar-refractivity contribution in [2.45, 2.75) is 38.8 Å². The number of fused-ring (bicyclic) bond motifs is 1. The average molecular weight is 363 g/mol. The van der Waals surface area contributed by atoms with Crippen LogP contribution in [0.2, 0.25) is 0 Å². The summed E-state index contributed by atoms with van der Waals surface area (Å²) in [4.78, 5) is 19.7. The first-order valence-electron chi connectivity index (χ1n) is 9.52. The Balaban J connectivity index is 1.37. The molecular weight excluding hydrogens is 338 g/mol. The highest BCUT2D eigenvalue weighted by Gasteiger charge is 2.25. The van der Waals surface area contributed by atoms with Crippen LogP contribution in [0.1, 0.15) is 47.4 Å². The van der Waals surface area contributed by atoms with Crippen LogP contribution in [0, 0.1) is 6.92 Å². The fraction of sp³-hybridized carbons (Fsp3) is 0.381.